The fraction of sp³-hybridized carbons (Fsp3) is 0.533. The van der Waals surface area contributed by atoms with E-state index in [2.05, 4.69) is 0 Å². The number of ether oxygens (including phenoxy) is 1. The molecular formula is C15H25ClN2O2. The highest BCUT2D eigenvalue weighted by atomic mass is 35.5. The highest BCUT2D eigenvalue weighted by Gasteiger charge is 2.21. The van der Waals surface area contributed by atoms with E-state index in [1.165, 1.54) is 43.1 Å². The molecule has 0 aromatic heterocycles. The molecule has 4 nitrogen and oxygen atoms in total. The molecule has 0 radical (unpaired) electrons. The molecule has 0 bridgehead atoms. The molecule has 1 aromatic rings. The second-order valence-electron chi connectivity index (χ2n) is 4.35. The van der Waals surface area contributed by atoms with E-state index >= 15 is 0 Å². The van der Waals surface area contributed by atoms with Gasteiger partial charge in [-0.3, -0.25) is 0 Å². The molecule has 0 N–H and O–H groups in total. The number of nitrogens with zero attached hydrogens (tertiary/aromatic N) is 2. The van der Waals surface area contributed by atoms with Crippen molar-refractivity contribution in [1.29, 1.82) is 0 Å². The van der Waals surface area contributed by atoms with E-state index in [1.807, 2.05) is 0 Å². The van der Waals surface area contributed by atoms with Crippen molar-refractivity contribution in [1.82, 2.24) is 4.90 Å². The van der Waals surface area contributed by atoms with Crippen LogP contribution in [0, 0.1) is 0 Å². The molecule has 0 spiro atoms. The van der Waals surface area contributed by atoms with Crippen molar-refractivity contribution < 1.29 is 38.8 Å². The zero-order valence-corrected chi connectivity index (χ0v) is 12.4. The Bertz CT molecular complexity index is 668. The van der Waals surface area contributed by atoms with Gasteiger partial charge >= 0.3 is 6.09 Å². The Labute approximate surface area is 141 Å². The summed E-state index contributed by atoms with van der Waals surface area (Å²) in [6, 6.07) is 4.08. The molecule has 0 fully saturated rings. The first-order valence-electron chi connectivity index (χ1n) is 10.4. The Morgan fingerprint density at radius 3 is 2.65 bits per heavy atom. The number of hydrogen-bond donors (Lipinski definition) is 0. The van der Waals surface area contributed by atoms with E-state index in [-0.39, 0.29) is 23.7 Å². The van der Waals surface area contributed by atoms with Crippen molar-refractivity contribution in [3.05, 3.63) is 29.8 Å². The predicted molar refractivity (Wildman–Crippen MR) is 77.2 cm³/mol. The minimum absolute atomic E-state index is 0. The van der Waals surface area contributed by atoms with Crippen LogP contribution in [0.1, 0.15) is 37.8 Å². The van der Waals surface area contributed by atoms with Gasteiger partial charge in [0.2, 0.25) is 0 Å². The number of benzene rings is 1. The van der Waals surface area contributed by atoms with Crippen molar-refractivity contribution in [2.75, 3.05) is 34.5 Å². The summed E-state index contributed by atoms with van der Waals surface area (Å²) >= 11 is 0. The summed E-state index contributed by atoms with van der Waals surface area (Å²) in [5, 5.41) is 0. The van der Waals surface area contributed by atoms with Gasteiger partial charge < -0.3 is 26.5 Å². The molecule has 5 heteroatoms. The van der Waals surface area contributed by atoms with Gasteiger partial charge in [0.1, 0.15) is 11.8 Å². The lowest BCUT2D eigenvalue weighted by atomic mass is 10.1. The average molecular weight is 310 g/mol. The number of hydrogen-bond acceptors (Lipinski definition) is 2. The second-order valence-corrected chi connectivity index (χ2v) is 4.35. The number of carbonyl (C=O) groups excluding carboxylic acids is 1. The number of rotatable bonds is 4. The van der Waals surface area contributed by atoms with Crippen molar-refractivity contribution in [3.8, 4) is 5.75 Å². The molecule has 1 rings (SSSR count). The Morgan fingerprint density at radius 2 is 2.10 bits per heavy atom. The first-order valence-corrected chi connectivity index (χ1v) is 5.92. The van der Waals surface area contributed by atoms with Gasteiger partial charge in [0, 0.05) is 19.2 Å². The van der Waals surface area contributed by atoms with Crippen LogP contribution in [-0.4, -0.2) is 50.0 Å². The maximum atomic E-state index is 11.9. The number of quaternary nitrogens is 1. The molecule has 20 heavy (non-hydrogen) atoms. The van der Waals surface area contributed by atoms with Gasteiger partial charge in [-0.1, -0.05) is 12.1 Å². The maximum absolute atomic E-state index is 11.9. The summed E-state index contributed by atoms with van der Waals surface area (Å²) in [4.78, 5) is 13.2. The third kappa shape index (κ3) is 5.02. The van der Waals surface area contributed by atoms with Gasteiger partial charge in [0.25, 0.3) is 0 Å². The smallest absolute Gasteiger partial charge is 0.414 e. The minimum atomic E-state index is -3.37. The van der Waals surface area contributed by atoms with Gasteiger partial charge in [0.05, 0.1) is 33.3 Å². The maximum Gasteiger partial charge on any atom is 0.414 e. The topological polar surface area (TPSA) is 29.5 Å². The van der Waals surface area contributed by atoms with E-state index in [4.69, 9.17) is 17.1 Å². The molecule has 1 aromatic carbocycles. The van der Waals surface area contributed by atoms with Crippen LogP contribution in [0.25, 0.3) is 0 Å². The molecule has 1 amide bonds. The number of halogens is 1. The van der Waals surface area contributed by atoms with Crippen LogP contribution >= 0.6 is 0 Å². The second kappa shape index (κ2) is 7.50. The van der Waals surface area contributed by atoms with E-state index in [9.17, 15) is 4.79 Å². The van der Waals surface area contributed by atoms with Crippen LogP contribution < -0.4 is 17.1 Å². The van der Waals surface area contributed by atoms with Crippen LogP contribution in [0.15, 0.2) is 24.3 Å². The summed E-state index contributed by atoms with van der Waals surface area (Å²) < 4.78 is 73.0. The molecule has 1 atom stereocenters. The van der Waals surface area contributed by atoms with Gasteiger partial charge in [-0.05, 0) is 26.0 Å². The third-order valence-corrected chi connectivity index (χ3v) is 2.91. The predicted octanol–water partition coefficient (Wildman–Crippen LogP) is -0.0917. The Hall–Kier alpha value is -1.26. The molecule has 0 heterocycles. The Morgan fingerprint density at radius 1 is 1.45 bits per heavy atom. The van der Waals surface area contributed by atoms with Gasteiger partial charge in [-0.2, -0.15) is 0 Å². The SMILES string of the molecule is [2H]C([2H])([2H])[N+]([C@@H](C)c1cccc(OC(=O)N(C)CC)c1)(C([2H])([2H])[2H])C([2H])([2H])[2H].[Cl-]. The minimum Gasteiger partial charge on any atom is -1.00 e. The summed E-state index contributed by atoms with van der Waals surface area (Å²) in [7, 11) is 1.52. The lowest BCUT2D eigenvalue weighted by Gasteiger charge is -2.32. The lowest BCUT2D eigenvalue weighted by Crippen LogP contribution is -3.00. The number of amides is 1. The van der Waals surface area contributed by atoms with Crippen molar-refractivity contribution in [2.24, 2.45) is 0 Å². The summed E-state index contributed by atoms with van der Waals surface area (Å²) in [6.07, 6.45) is -0.657. The first kappa shape index (κ1) is 8.25. The largest absolute Gasteiger partial charge is 1.00 e. The zero-order chi connectivity index (χ0) is 22.1. The monoisotopic (exact) mass is 309 g/mol. The van der Waals surface area contributed by atoms with Crippen LogP contribution in [0.3, 0.4) is 0 Å². The Balaban J connectivity index is 0.00000784. The van der Waals surface area contributed by atoms with Gasteiger partial charge in [-0.15, -0.1) is 0 Å². The summed E-state index contributed by atoms with van der Waals surface area (Å²) in [5.41, 5.74) is 0.104. The normalized spacial score (nSPS) is 20.9. The molecule has 0 aliphatic carbocycles. The first-order chi connectivity index (χ1) is 12.5. The van der Waals surface area contributed by atoms with E-state index in [0.717, 1.165) is 0 Å². The fourth-order valence-electron chi connectivity index (χ4n) is 1.37. The molecule has 0 aliphatic heterocycles. The van der Waals surface area contributed by atoms with Gasteiger partial charge in [-0.25, -0.2) is 4.79 Å². The van der Waals surface area contributed by atoms with E-state index < -0.39 is 37.5 Å². The zero-order valence-electron chi connectivity index (χ0n) is 20.7. The number of carbonyl (C=O) groups is 1. The lowest BCUT2D eigenvalue weighted by molar-refractivity contribution is -0.900. The highest BCUT2D eigenvalue weighted by Crippen LogP contribution is 2.25. The average Bonchev–Trinajstić information content (AvgIpc) is 2.50. The van der Waals surface area contributed by atoms with Crippen LogP contribution in [0.5, 0.6) is 5.75 Å². The van der Waals surface area contributed by atoms with E-state index in [1.54, 1.807) is 6.92 Å². The van der Waals surface area contributed by atoms with Crippen molar-refractivity contribution >= 4 is 6.09 Å². The van der Waals surface area contributed by atoms with Crippen LogP contribution in [0.2, 0.25) is 0 Å². The van der Waals surface area contributed by atoms with Gasteiger partial charge in [0.15, 0.2) is 0 Å². The van der Waals surface area contributed by atoms with Crippen LogP contribution in [0.4, 0.5) is 4.79 Å². The molecule has 0 unspecified atom stereocenters. The third-order valence-electron chi connectivity index (χ3n) is 2.91. The molecule has 0 saturated carbocycles. The van der Waals surface area contributed by atoms with Crippen molar-refractivity contribution in [2.45, 2.75) is 19.9 Å². The molecular weight excluding hydrogens is 276 g/mol. The Kier molecular flexibility index (Phi) is 3.09. The standard InChI is InChI=1S/C15H25N2O2.ClH/c1-7-16(3)15(18)19-14-10-8-9-13(11-14)12(2)17(4,5)6;/h8-12H,7H2,1-6H3;1H/q+1;/p-1/t12-;/m0./s1/i4D3,5D3,6D3;. The molecule has 0 saturated heterocycles. The summed E-state index contributed by atoms with van der Waals surface area (Å²) in [5.74, 6) is 0.0503. The summed E-state index contributed by atoms with van der Waals surface area (Å²) in [6.45, 7) is -6.74. The molecule has 0 aliphatic rings. The van der Waals surface area contributed by atoms with Crippen molar-refractivity contribution in [3.63, 3.8) is 0 Å². The van der Waals surface area contributed by atoms with E-state index in [0.29, 0.717) is 6.54 Å². The highest BCUT2D eigenvalue weighted by molar-refractivity contribution is 5.70. The fourth-order valence-corrected chi connectivity index (χ4v) is 1.37. The molecule has 114 valence electrons. The van der Waals surface area contributed by atoms with Crippen LogP contribution in [-0.2, 0) is 0 Å². The quantitative estimate of drug-likeness (QED) is 0.728.